The number of allylic oxidation sites excluding steroid dienone is 1. The van der Waals surface area contributed by atoms with E-state index in [1.54, 1.807) is 31.9 Å². The van der Waals surface area contributed by atoms with Gasteiger partial charge in [0, 0.05) is 18.7 Å². The van der Waals surface area contributed by atoms with Gasteiger partial charge in [-0.2, -0.15) is 0 Å². The largest absolute Gasteiger partial charge is 0.444 e. The van der Waals surface area contributed by atoms with Crippen molar-refractivity contribution in [2.45, 2.75) is 102 Å². The summed E-state index contributed by atoms with van der Waals surface area (Å²) >= 11 is 0. The van der Waals surface area contributed by atoms with E-state index in [1.807, 2.05) is 24.3 Å². The minimum absolute atomic E-state index is 0.109. The summed E-state index contributed by atoms with van der Waals surface area (Å²) in [5.41, 5.74) is -1.01. The number of rotatable bonds is 4. The predicted octanol–water partition coefficient (Wildman–Crippen LogP) is 2.98. The maximum absolute atomic E-state index is 13.7. The first kappa shape index (κ1) is 28.6. The molecular weight excluding hydrogens is 498 g/mol. The number of fused-ring (bicyclic) bond motifs is 2. The number of ether oxygens (including phenoxy) is 1. The van der Waals surface area contributed by atoms with Gasteiger partial charge in [0.1, 0.15) is 23.2 Å². The first-order valence-electron chi connectivity index (χ1n) is 14.1. The van der Waals surface area contributed by atoms with Gasteiger partial charge in [0.05, 0.1) is 12.2 Å². The Labute approximate surface area is 230 Å². The molecule has 4 amide bonds. The summed E-state index contributed by atoms with van der Waals surface area (Å²) in [6.07, 6.45) is 10.7. The van der Waals surface area contributed by atoms with Gasteiger partial charge in [0.25, 0.3) is 0 Å². The van der Waals surface area contributed by atoms with Crippen molar-refractivity contribution in [1.29, 1.82) is 0 Å². The molecule has 4 atom stereocenters. The molecule has 212 valence electrons. The van der Waals surface area contributed by atoms with E-state index in [-0.39, 0.29) is 30.2 Å². The quantitative estimate of drug-likeness (QED) is 0.505. The summed E-state index contributed by atoms with van der Waals surface area (Å²) in [6, 6.07) is 4.03. The van der Waals surface area contributed by atoms with E-state index in [1.165, 1.54) is 0 Å². The molecule has 3 heterocycles. The van der Waals surface area contributed by atoms with Crippen molar-refractivity contribution in [1.82, 2.24) is 25.8 Å². The normalized spacial score (nSPS) is 27.8. The van der Waals surface area contributed by atoms with Crippen molar-refractivity contribution in [3.63, 3.8) is 0 Å². The molecule has 0 bridgehead atoms. The van der Waals surface area contributed by atoms with Crippen molar-refractivity contribution < 1.29 is 23.9 Å². The van der Waals surface area contributed by atoms with Crippen LogP contribution in [0.1, 0.15) is 77.8 Å². The molecular formula is C29H41N5O5. The van der Waals surface area contributed by atoms with Crippen LogP contribution in [0.5, 0.6) is 0 Å². The zero-order chi connectivity index (χ0) is 28.0. The van der Waals surface area contributed by atoms with E-state index in [4.69, 9.17) is 4.74 Å². The van der Waals surface area contributed by atoms with Crippen molar-refractivity contribution in [3.05, 3.63) is 42.2 Å². The lowest BCUT2D eigenvalue weighted by molar-refractivity contribution is -0.141. The van der Waals surface area contributed by atoms with Crippen molar-refractivity contribution in [3.8, 4) is 0 Å². The zero-order valence-corrected chi connectivity index (χ0v) is 23.2. The summed E-state index contributed by atoms with van der Waals surface area (Å²) in [5.74, 6) is -0.980. The fraction of sp³-hybridized carbons (Fsp3) is 0.621. The molecule has 10 heteroatoms. The van der Waals surface area contributed by atoms with E-state index in [2.05, 4.69) is 27.0 Å². The van der Waals surface area contributed by atoms with Crippen LogP contribution >= 0.6 is 0 Å². The molecule has 1 aromatic heterocycles. The Balaban J connectivity index is 1.51. The molecule has 0 spiro atoms. The zero-order valence-electron chi connectivity index (χ0n) is 23.2. The highest BCUT2D eigenvalue weighted by Gasteiger charge is 2.60. The van der Waals surface area contributed by atoms with Gasteiger partial charge >= 0.3 is 6.09 Å². The molecule has 0 aromatic carbocycles. The van der Waals surface area contributed by atoms with Gasteiger partial charge in [0.2, 0.25) is 17.7 Å². The lowest BCUT2D eigenvalue weighted by Crippen LogP contribution is -2.57. The predicted molar refractivity (Wildman–Crippen MR) is 145 cm³/mol. The Morgan fingerprint density at radius 2 is 1.97 bits per heavy atom. The molecule has 1 aliphatic carbocycles. The number of aromatic nitrogens is 1. The second-order valence-corrected chi connectivity index (χ2v) is 11.7. The van der Waals surface area contributed by atoms with Crippen LogP contribution in [0.15, 0.2) is 36.5 Å². The molecule has 0 radical (unpaired) electrons. The minimum Gasteiger partial charge on any atom is -0.444 e. The highest BCUT2D eigenvalue weighted by atomic mass is 16.6. The summed E-state index contributed by atoms with van der Waals surface area (Å²) in [6.45, 7) is 6.00. The molecule has 1 aromatic rings. The van der Waals surface area contributed by atoms with Gasteiger partial charge in [-0.15, -0.1) is 0 Å². The van der Waals surface area contributed by atoms with Crippen molar-refractivity contribution in [2.75, 3.05) is 6.54 Å². The third-order valence-corrected chi connectivity index (χ3v) is 7.48. The summed E-state index contributed by atoms with van der Waals surface area (Å²) in [4.78, 5) is 59.0. The molecule has 39 heavy (non-hydrogen) atoms. The summed E-state index contributed by atoms with van der Waals surface area (Å²) in [7, 11) is 0. The third-order valence-electron chi connectivity index (χ3n) is 7.48. The molecule has 2 aliphatic heterocycles. The maximum atomic E-state index is 13.7. The van der Waals surface area contributed by atoms with Crippen LogP contribution < -0.4 is 16.0 Å². The lowest BCUT2D eigenvalue weighted by atomic mass is 10.0. The Morgan fingerprint density at radius 3 is 2.72 bits per heavy atom. The Hall–Kier alpha value is -3.43. The molecule has 1 saturated heterocycles. The maximum Gasteiger partial charge on any atom is 0.408 e. The number of carbonyl (C=O) groups is 4. The fourth-order valence-electron chi connectivity index (χ4n) is 5.37. The number of amides is 4. The van der Waals surface area contributed by atoms with E-state index in [0.717, 1.165) is 31.4 Å². The van der Waals surface area contributed by atoms with Crippen molar-refractivity contribution >= 4 is 23.8 Å². The van der Waals surface area contributed by atoms with Crippen LogP contribution in [0.3, 0.4) is 0 Å². The number of alkyl carbamates (subject to hydrolysis) is 1. The standard InChI is InChI=1S/C29H41N5O5/c1-28(2,3)39-27(38)32-22-14-8-6-4-5-7-12-20-18-29(20,26(37)31-19-21-13-9-10-16-30-21)33-24(35)23-15-11-17-34(23)25(22)36/h7,9-10,12-13,16,20,22-23H,4-6,8,11,14-15,17-19H2,1-3H3,(H,31,37)(H,32,38)(H,33,35)/t20-,22+,23+,29-/m1/s1. The Morgan fingerprint density at radius 1 is 1.15 bits per heavy atom. The number of carbonyl (C=O) groups excluding carboxylic acids is 4. The van der Waals surface area contributed by atoms with Crippen molar-refractivity contribution in [2.24, 2.45) is 5.92 Å². The molecule has 3 aliphatic rings. The first-order valence-corrected chi connectivity index (χ1v) is 14.1. The second-order valence-electron chi connectivity index (χ2n) is 11.7. The van der Waals surface area contributed by atoms with Gasteiger partial charge in [-0.25, -0.2) is 4.79 Å². The van der Waals surface area contributed by atoms with Crippen LogP contribution in [0.4, 0.5) is 4.79 Å². The van der Waals surface area contributed by atoms with Gasteiger partial charge in [0.15, 0.2) is 0 Å². The average Bonchev–Trinajstić information content (AvgIpc) is 3.34. The van der Waals surface area contributed by atoms with E-state index in [0.29, 0.717) is 32.2 Å². The van der Waals surface area contributed by atoms with E-state index >= 15 is 0 Å². The van der Waals surface area contributed by atoms with Crippen LogP contribution in [0.25, 0.3) is 0 Å². The topological polar surface area (TPSA) is 130 Å². The smallest absolute Gasteiger partial charge is 0.408 e. The Bertz CT molecular complexity index is 1090. The molecule has 4 rings (SSSR count). The number of nitrogens with one attached hydrogen (secondary N) is 3. The number of hydrogen-bond acceptors (Lipinski definition) is 6. The van der Waals surface area contributed by atoms with Crippen LogP contribution in [-0.2, 0) is 25.7 Å². The lowest BCUT2D eigenvalue weighted by Gasteiger charge is -2.30. The van der Waals surface area contributed by atoms with Gasteiger partial charge in [-0.05, 0) is 71.4 Å². The number of hydrogen-bond donors (Lipinski definition) is 3. The Kier molecular flexibility index (Phi) is 8.92. The van der Waals surface area contributed by atoms with Gasteiger partial charge in [-0.1, -0.05) is 31.1 Å². The van der Waals surface area contributed by atoms with Gasteiger partial charge in [-0.3, -0.25) is 19.4 Å². The van der Waals surface area contributed by atoms with E-state index < -0.39 is 29.3 Å². The molecule has 2 fully saturated rings. The SMILES string of the molecule is CC(C)(C)OC(=O)N[C@H]1CCCCCC=C[C@@H]2C[C@@]2(C(=O)NCc2ccccn2)NC(=O)[C@@H]2CCCN2C1=O. The molecule has 3 N–H and O–H groups in total. The van der Waals surface area contributed by atoms with Crippen LogP contribution in [0.2, 0.25) is 0 Å². The molecule has 10 nitrogen and oxygen atoms in total. The highest BCUT2D eigenvalue weighted by Crippen LogP contribution is 2.45. The third kappa shape index (κ3) is 7.36. The second kappa shape index (κ2) is 12.2. The molecule has 0 unspecified atom stereocenters. The van der Waals surface area contributed by atoms with Crippen LogP contribution in [-0.4, -0.2) is 63.5 Å². The monoisotopic (exact) mass is 539 g/mol. The van der Waals surface area contributed by atoms with Crippen LogP contribution in [0, 0.1) is 5.92 Å². The number of pyridine rings is 1. The highest BCUT2D eigenvalue weighted by molar-refractivity contribution is 5.98. The average molecular weight is 540 g/mol. The fourth-order valence-corrected chi connectivity index (χ4v) is 5.37. The first-order chi connectivity index (χ1) is 18.6. The summed E-state index contributed by atoms with van der Waals surface area (Å²) in [5, 5.41) is 8.71. The minimum atomic E-state index is -1.05. The van der Waals surface area contributed by atoms with E-state index in [9.17, 15) is 19.2 Å². The summed E-state index contributed by atoms with van der Waals surface area (Å²) < 4.78 is 5.40. The van der Waals surface area contributed by atoms with Gasteiger partial charge < -0.3 is 25.6 Å². The number of nitrogens with zero attached hydrogens (tertiary/aromatic N) is 2. The molecule has 1 saturated carbocycles.